The predicted octanol–water partition coefficient (Wildman–Crippen LogP) is -12.7. The number of amides is 3. The summed E-state index contributed by atoms with van der Waals surface area (Å²) in [6, 6.07) is -3.61. The number of nitrogens with two attached hydrogens (primary N) is 1. The number of aromatic nitrogens is 2. The summed E-state index contributed by atoms with van der Waals surface area (Å²) in [4.78, 5) is 66.2. The van der Waals surface area contributed by atoms with Crippen molar-refractivity contribution < 1.29 is 251 Å². The number of carbonyl (C=O) groups is 4. The Labute approximate surface area is 489 Å². The molecule has 3 fully saturated rings. The summed E-state index contributed by atoms with van der Waals surface area (Å²) in [6.07, 6.45) is 10.4. The fourth-order valence-corrected chi connectivity index (χ4v) is 8.90. The van der Waals surface area contributed by atoms with Gasteiger partial charge in [-0.1, -0.05) is 12.8 Å². The summed E-state index contributed by atoms with van der Waals surface area (Å²) in [5, 5.41) is 7.16. The minimum Gasteiger partial charge on any atom is -0.748 e. The Bertz CT molecular complexity index is 2020. The van der Waals surface area contributed by atoms with Gasteiger partial charge in [-0.2, -0.15) is 30.8 Å². The maximum absolute atomic E-state index is 13.7. The van der Waals surface area contributed by atoms with Crippen molar-refractivity contribution in [3.63, 3.8) is 0 Å². The van der Waals surface area contributed by atoms with Gasteiger partial charge < -0.3 is 42.7 Å². The van der Waals surface area contributed by atoms with Gasteiger partial charge >= 0.3 is 206 Å². The molecule has 5 unspecified atom stereocenters. The zero-order valence-corrected chi connectivity index (χ0v) is 45.6. The van der Waals surface area contributed by atoms with Crippen molar-refractivity contribution in [2.45, 2.75) is 80.0 Å². The quantitative estimate of drug-likeness (QED) is 0.0467. The monoisotopic (exact) mass is 903 g/mol. The van der Waals surface area contributed by atoms with Crippen LogP contribution in [0.3, 0.4) is 0 Å². The number of allylic oxidation sites excluding steroid dienone is 3. The number of hydrogen-bond donors (Lipinski definition) is 3. The SMILES string of the molecule is CNC(=O)C1=NN(C2C[CH-]CCC2S(=O)(=O)[O-])C(=O)/C1=C\C=C(C=Cc1c(C(N)C=O)[nH]n(C2C[CH-]CCC2S(=O)(=O)[O-])c1=O)N1CCCC1=O.[K+].[K+].[K+].[K+]. The van der Waals surface area contributed by atoms with Crippen LogP contribution in [0.15, 0.2) is 39.4 Å². The molecular formula is C31H37K4N7O11S2. The minimum atomic E-state index is -4.83. The second-order valence-corrected chi connectivity index (χ2v) is 15.7. The van der Waals surface area contributed by atoms with Gasteiger partial charge in [0.15, 0.2) is 5.71 Å². The van der Waals surface area contributed by atoms with E-state index in [0.717, 1.165) is 9.69 Å². The third-order valence-electron chi connectivity index (χ3n) is 9.40. The first-order valence-electron chi connectivity index (χ1n) is 16.2. The van der Waals surface area contributed by atoms with Gasteiger partial charge in [0.05, 0.1) is 47.6 Å². The molecule has 278 valence electrons. The molecule has 4 N–H and O–H groups in total. The maximum Gasteiger partial charge on any atom is 1.00 e. The molecule has 3 amide bonds. The standard InChI is InChI=1S/C31H39N7O11S2.4K/c1-33-29(41)28-20(31(43)38(35-28)23-8-3-5-10-25(23)51(47,48)49)15-13-18(36-16-6-11-26(36)40)12-14-19-27(21(32)17-39)34-37(30(19)42)22-7-2-4-9-24(22)50(44,45)46;;;;/h2-3,12-15,17,21-25,34H,4-11,16,32H2,1H3,(H,33,41)(H,44,45,46)(H,47,48,49);;;;/q-2;4*+1/p-2/b14-12?,18-13?,20-15-;;;;. The van der Waals surface area contributed by atoms with Gasteiger partial charge in [0.1, 0.15) is 12.3 Å². The van der Waals surface area contributed by atoms with Crippen molar-refractivity contribution in [1.82, 2.24) is 25.0 Å². The Hall–Kier alpha value is 2.31. The van der Waals surface area contributed by atoms with Crippen molar-refractivity contribution in [2.24, 2.45) is 10.8 Å². The molecule has 18 nitrogen and oxygen atoms in total. The summed E-state index contributed by atoms with van der Waals surface area (Å²) >= 11 is 0. The molecule has 24 heteroatoms. The molecule has 5 atom stereocenters. The fourth-order valence-electron chi connectivity index (χ4n) is 6.82. The number of rotatable bonds is 11. The molecule has 2 aliphatic heterocycles. The van der Waals surface area contributed by atoms with Crippen molar-refractivity contribution >= 4 is 56.0 Å². The third-order valence-corrected chi connectivity index (χ3v) is 12.0. The van der Waals surface area contributed by atoms with Gasteiger partial charge in [0.2, 0.25) is 5.91 Å². The maximum atomic E-state index is 13.7. The van der Waals surface area contributed by atoms with Crippen LogP contribution in [-0.2, 0) is 39.4 Å². The topological polar surface area (TPSA) is 277 Å². The van der Waals surface area contributed by atoms with E-state index >= 15 is 0 Å². The van der Waals surface area contributed by atoms with E-state index in [9.17, 15) is 49.9 Å². The molecule has 0 bridgehead atoms. The number of aldehydes is 1. The van der Waals surface area contributed by atoms with E-state index in [0.29, 0.717) is 25.5 Å². The van der Waals surface area contributed by atoms with E-state index in [1.807, 2.05) is 0 Å². The molecule has 55 heavy (non-hydrogen) atoms. The van der Waals surface area contributed by atoms with E-state index in [4.69, 9.17) is 5.73 Å². The molecule has 2 aliphatic carbocycles. The number of carbonyl (C=O) groups excluding carboxylic acids is 4. The molecule has 0 aromatic carbocycles. The number of aromatic amines is 1. The molecular weight excluding hydrogens is 867 g/mol. The second kappa shape index (κ2) is 24.2. The van der Waals surface area contributed by atoms with Crippen LogP contribution in [0.5, 0.6) is 0 Å². The number of likely N-dealkylation sites (tertiary alicyclic amines) is 1. The summed E-state index contributed by atoms with van der Waals surface area (Å²) in [5.41, 5.74) is 4.51. The van der Waals surface area contributed by atoms with E-state index in [1.165, 1.54) is 36.3 Å². The largest absolute Gasteiger partial charge is 1.00 e. The molecule has 2 saturated carbocycles. The van der Waals surface area contributed by atoms with Gasteiger partial charge in [0, 0.05) is 37.8 Å². The Kier molecular flexibility index (Phi) is 24.4. The first-order valence-corrected chi connectivity index (χ1v) is 19.2. The smallest absolute Gasteiger partial charge is 0.748 e. The van der Waals surface area contributed by atoms with Gasteiger partial charge in [-0.15, -0.1) is 0 Å². The van der Waals surface area contributed by atoms with E-state index < -0.39 is 66.2 Å². The summed E-state index contributed by atoms with van der Waals surface area (Å²) in [7, 11) is -8.34. The third kappa shape index (κ3) is 13.2. The van der Waals surface area contributed by atoms with Gasteiger partial charge in [-0.05, 0) is 30.7 Å². The molecule has 1 saturated heterocycles. The number of nitrogens with one attached hydrogen (secondary N) is 2. The summed E-state index contributed by atoms with van der Waals surface area (Å²) in [6.45, 7) is 0.245. The van der Waals surface area contributed by atoms with E-state index in [2.05, 4.69) is 15.5 Å². The molecule has 3 heterocycles. The number of nitrogens with zero attached hydrogens (tertiary/aromatic N) is 4. The zero-order chi connectivity index (χ0) is 37.2. The number of hydrogen-bond acceptors (Lipinski definition) is 13. The zero-order valence-electron chi connectivity index (χ0n) is 31.5. The average Bonchev–Trinajstić information content (AvgIpc) is 3.77. The first-order chi connectivity index (χ1) is 24.1. The van der Waals surface area contributed by atoms with Crippen LogP contribution in [0.2, 0.25) is 0 Å². The second-order valence-electron chi connectivity index (χ2n) is 12.5. The molecule has 0 spiro atoms. The van der Waals surface area contributed by atoms with Crippen molar-refractivity contribution in [2.75, 3.05) is 13.6 Å². The Morgan fingerprint density at radius 3 is 2.11 bits per heavy atom. The van der Waals surface area contributed by atoms with E-state index in [-0.39, 0.29) is 278 Å². The van der Waals surface area contributed by atoms with Crippen LogP contribution >= 0.6 is 0 Å². The van der Waals surface area contributed by atoms with Crippen LogP contribution in [0.25, 0.3) is 6.08 Å². The van der Waals surface area contributed by atoms with Gasteiger partial charge in [0.25, 0.3) is 17.4 Å². The number of hydrazone groups is 1. The minimum absolute atomic E-state index is 0. The van der Waals surface area contributed by atoms with Crippen LogP contribution < -0.4 is 222 Å². The summed E-state index contributed by atoms with van der Waals surface area (Å²) < 4.78 is 73.3. The molecule has 1 aromatic rings. The normalized spacial score (nSPS) is 24.7. The summed E-state index contributed by atoms with van der Waals surface area (Å²) in [5.74, 6) is -1.93. The van der Waals surface area contributed by atoms with Crippen molar-refractivity contribution in [3.05, 3.63) is 64.0 Å². The first kappa shape index (κ1) is 55.3. The molecule has 4 aliphatic rings. The van der Waals surface area contributed by atoms with Gasteiger partial charge in [-0.3, -0.25) is 29.0 Å². The van der Waals surface area contributed by atoms with Gasteiger partial charge in [-0.25, -0.2) is 21.8 Å². The Morgan fingerprint density at radius 1 is 1.00 bits per heavy atom. The van der Waals surface area contributed by atoms with Crippen LogP contribution in [0, 0.1) is 12.8 Å². The molecule has 5 rings (SSSR count). The van der Waals surface area contributed by atoms with Crippen LogP contribution in [-0.4, -0.2) is 105 Å². The molecule has 1 aromatic heterocycles. The average molecular weight is 904 g/mol. The van der Waals surface area contributed by atoms with Crippen LogP contribution in [0.4, 0.5) is 0 Å². The Morgan fingerprint density at radius 2 is 1.58 bits per heavy atom. The van der Waals surface area contributed by atoms with Crippen LogP contribution in [0.1, 0.15) is 74.7 Å². The number of H-pyrrole nitrogens is 1. The van der Waals surface area contributed by atoms with Crippen molar-refractivity contribution in [1.29, 1.82) is 0 Å². The predicted molar refractivity (Wildman–Crippen MR) is 179 cm³/mol. The van der Waals surface area contributed by atoms with E-state index in [1.54, 1.807) is 12.8 Å². The Balaban J connectivity index is 0.00000378. The van der Waals surface area contributed by atoms with Crippen molar-refractivity contribution in [3.8, 4) is 0 Å². The fraction of sp³-hybridized carbons (Fsp3) is 0.484. The molecule has 0 radical (unpaired) electrons.